The minimum Gasteiger partial charge on any atom is -0.497 e. The molecular formula is C17H12ClN3OS. The number of hydrogen-bond acceptors (Lipinski definition) is 5. The maximum Gasteiger partial charge on any atom is 0.144 e. The highest BCUT2D eigenvalue weighted by Gasteiger charge is 2.12. The molecule has 0 bridgehead atoms. The molecule has 4 aromatic rings. The van der Waals surface area contributed by atoms with Crippen LogP contribution in [0.15, 0.2) is 42.7 Å². The van der Waals surface area contributed by atoms with Gasteiger partial charge in [0.05, 0.1) is 17.3 Å². The van der Waals surface area contributed by atoms with Gasteiger partial charge >= 0.3 is 0 Å². The first-order chi connectivity index (χ1) is 11.2. The first-order valence-electron chi connectivity index (χ1n) is 6.94. The molecule has 0 amide bonds. The van der Waals surface area contributed by atoms with E-state index < -0.39 is 0 Å². The van der Waals surface area contributed by atoms with E-state index in [0.29, 0.717) is 10.8 Å². The van der Waals surface area contributed by atoms with Crippen molar-refractivity contribution in [3.63, 3.8) is 0 Å². The summed E-state index contributed by atoms with van der Waals surface area (Å²) in [5.74, 6) is 1.29. The number of aromatic nitrogens is 2. The number of halogens is 1. The topological polar surface area (TPSA) is 61.0 Å². The van der Waals surface area contributed by atoms with Gasteiger partial charge in [-0.15, -0.1) is 11.3 Å². The van der Waals surface area contributed by atoms with E-state index in [9.17, 15) is 0 Å². The van der Waals surface area contributed by atoms with Gasteiger partial charge in [0.2, 0.25) is 0 Å². The summed E-state index contributed by atoms with van der Waals surface area (Å²) in [6.07, 6.45) is 1.50. The van der Waals surface area contributed by atoms with Gasteiger partial charge < -0.3 is 10.5 Å². The third-order valence-corrected chi connectivity index (χ3v) is 5.26. The lowest BCUT2D eigenvalue weighted by atomic mass is 10.0. The highest BCUT2D eigenvalue weighted by atomic mass is 35.5. The molecule has 0 fully saturated rings. The molecule has 0 saturated heterocycles. The fourth-order valence-electron chi connectivity index (χ4n) is 2.61. The van der Waals surface area contributed by atoms with Crippen LogP contribution in [0.25, 0.3) is 31.4 Å². The molecule has 2 heterocycles. The van der Waals surface area contributed by atoms with Crippen molar-refractivity contribution < 1.29 is 4.74 Å². The summed E-state index contributed by atoms with van der Waals surface area (Å²) in [7, 11) is 1.64. The Morgan fingerprint density at radius 3 is 2.83 bits per heavy atom. The van der Waals surface area contributed by atoms with Crippen LogP contribution >= 0.6 is 22.9 Å². The molecule has 0 atom stereocenters. The van der Waals surface area contributed by atoms with Crippen LogP contribution in [-0.4, -0.2) is 17.1 Å². The van der Waals surface area contributed by atoms with E-state index in [-0.39, 0.29) is 0 Å². The van der Waals surface area contributed by atoms with Crippen LogP contribution in [0.5, 0.6) is 5.75 Å². The zero-order chi connectivity index (χ0) is 16.0. The van der Waals surface area contributed by atoms with Gasteiger partial charge in [0.1, 0.15) is 17.9 Å². The molecule has 0 aliphatic heterocycles. The Balaban J connectivity index is 1.96. The molecule has 114 valence electrons. The smallest absolute Gasteiger partial charge is 0.144 e. The summed E-state index contributed by atoms with van der Waals surface area (Å²) in [4.78, 5) is 8.41. The second-order valence-corrected chi connectivity index (χ2v) is 6.55. The van der Waals surface area contributed by atoms with Crippen LogP contribution in [-0.2, 0) is 0 Å². The maximum absolute atomic E-state index is 6.35. The largest absolute Gasteiger partial charge is 0.497 e. The fraction of sp³-hybridized carbons (Fsp3) is 0.0588. The average molecular weight is 342 g/mol. The second kappa shape index (κ2) is 5.37. The minimum absolute atomic E-state index is 0.511. The van der Waals surface area contributed by atoms with Gasteiger partial charge in [-0.05, 0) is 29.8 Å². The summed E-state index contributed by atoms with van der Waals surface area (Å²) in [6.45, 7) is 0. The normalized spacial score (nSPS) is 11.2. The lowest BCUT2D eigenvalue weighted by Gasteiger charge is -2.07. The van der Waals surface area contributed by atoms with Crippen LogP contribution in [0, 0.1) is 0 Å². The van der Waals surface area contributed by atoms with E-state index in [2.05, 4.69) is 16.0 Å². The van der Waals surface area contributed by atoms with Crippen molar-refractivity contribution in [2.45, 2.75) is 0 Å². The van der Waals surface area contributed by atoms with Crippen LogP contribution in [0.1, 0.15) is 0 Å². The number of nitrogens with zero attached hydrogens (tertiary/aromatic N) is 2. The van der Waals surface area contributed by atoms with Crippen molar-refractivity contribution in [2.24, 2.45) is 0 Å². The zero-order valence-corrected chi connectivity index (χ0v) is 13.8. The van der Waals surface area contributed by atoms with Crippen molar-refractivity contribution in [3.8, 4) is 16.9 Å². The first-order valence-corrected chi connectivity index (χ1v) is 8.13. The molecule has 0 aliphatic rings. The van der Waals surface area contributed by atoms with E-state index in [0.717, 1.165) is 37.2 Å². The van der Waals surface area contributed by atoms with Crippen LogP contribution in [0.4, 0.5) is 5.82 Å². The number of benzene rings is 2. The zero-order valence-electron chi connectivity index (χ0n) is 12.2. The Morgan fingerprint density at radius 1 is 1.13 bits per heavy atom. The molecule has 0 aliphatic carbocycles. The summed E-state index contributed by atoms with van der Waals surface area (Å²) in [6, 6.07) is 11.8. The molecule has 2 aromatic carbocycles. The molecule has 0 spiro atoms. The molecule has 2 aromatic heterocycles. The second-order valence-electron chi connectivity index (χ2n) is 5.10. The van der Waals surface area contributed by atoms with E-state index in [1.165, 1.54) is 6.33 Å². The predicted molar refractivity (Wildman–Crippen MR) is 96.3 cm³/mol. The summed E-state index contributed by atoms with van der Waals surface area (Å²) in [5, 5.41) is 1.76. The summed E-state index contributed by atoms with van der Waals surface area (Å²) < 4.78 is 7.31. The minimum atomic E-state index is 0.511. The quantitative estimate of drug-likeness (QED) is 0.571. The standard InChI is InChI=1S/C17H12ClN3OS/c1-22-10-3-5-13(18)12(7-10)9-2-4-11-14(6-9)23-16-15(11)20-8-21-17(16)19/h2-8H,1H3,(H2,19,20,21). The molecule has 0 saturated carbocycles. The molecular weight excluding hydrogens is 330 g/mol. The van der Waals surface area contributed by atoms with Gasteiger partial charge in [-0.25, -0.2) is 9.97 Å². The first kappa shape index (κ1) is 14.2. The number of ether oxygens (including phenoxy) is 1. The van der Waals surface area contributed by atoms with Gasteiger partial charge in [0.15, 0.2) is 0 Å². The van der Waals surface area contributed by atoms with Gasteiger partial charge in [0.25, 0.3) is 0 Å². The lowest BCUT2D eigenvalue weighted by Crippen LogP contribution is -1.89. The van der Waals surface area contributed by atoms with E-state index >= 15 is 0 Å². The number of nitrogens with two attached hydrogens (primary N) is 1. The number of nitrogen functional groups attached to an aromatic ring is 1. The number of thiophene rings is 1. The highest BCUT2D eigenvalue weighted by Crippen LogP contribution is 2.39. The Hall–Kier alpha value is -2.37. The number of fused-ring (bicyclic) bond motifs is 3. The molecule has 0 unspecified atom stereocenters. The van der Waals surface area contributed by atoms with Gasteiger partial charge in [-0.2, -0.15) is 0 Å². The molecule has 0 radical (unpaired) electrons. The Morgan fingerprint density at radius 2 is 2.00 bits per heavy atom. The maximum atomic E-state index is 6.35. The van der Waals surface area contributed by atoms with E-state index in [1.807, 2.05) is 30.3 Å². The Kier molecular flexibility index (Phi) is 3.32. The van der Waals surface area contributed by atoms with E-state index in [4.69, 9.17) is 22.1 Å². The van der Waals surface area contributed by atoms with Crippen LogP contribution in [0.3, 0.4) is 0 Å². The number of rotatable bonds is 2. The monoisotopic (exact) mass is 341 g/mol. The summed E-state index contributed by atoms with van der Waals surface area (Å²) >= 11 is 7.94. The van der Waals surface area contributed by atoms with Crippen molar-refractivity contribution in [1.82, 2.24) is 9.97 Å². The van der Waals surface area contributed by atoms with Crippen molar-refractivity contribution in [3.05, 3.63) is 47.7 Å². The molecule has 2 N–H and O–H groups in total. The van der Waals surface area contributed by atoms with Crippen LogP contribution < -0.4 is 10.5 Å². The van der Waals surface area contributed by atoms with Gasteiger partial charge in [0, 0.05) is 20.7 Å². The third kappa shape index (κ3) is 2.29. The Bertz CT molecular complexity index is 1040. The van der Waals surface area contributed by atoms with Crippen LogP contribution in [0.2, 0.25) is 5.02 Å². The molecule has 4 nitrogen and oxygen atoms in total. The average Bonchev–Trinajstić information content (AvgIpc) is 2.95. The summed E-state index contributed by atoms with van der Waals surface area (Å²) in [5.41, 5.74) is 8.80. The fourth-order valence-corrected chi connectivity index (χ4v) is 3.94. The van der Waals surface area contributed by atoms with Gasteiger partial charge in [-0.3, -0.25) is 0 Å². The van der Waals surface area contributed by atoms with Crippen molar-refractivity contribution in [1.29, 1.82) is 0 Å². The molecule has 23 heavy (non-hydrogen) atoms. The van der Waals surface area contributed by atoms with Crippen molar-refractivity contribution in [2.75, 3.05) is 12.8 Å². The lowest BCUT2D eigenvalue weighted by molar-refractivity contribution is 0.415. The molecule has 6 heteroatoms. The SMILES string of the molecule is COc1ccc(Cl)c(-c2ccc3c(c2)sc2c(N)ncnc23)c1. The molecule has 4 rings (SSSR count). The van der Waals surface area contributed by atoms with E-state index in [1.54, 1.807) is 18.4 Å². The highest BCUT2D eigenvalue weighted by molar-refractivity contribution is 7.26. The predicted octanol–water partition coefficient (Wildman–Crippen LogP) is 4.76. The number of hydrogen-bond donors (Lipinski definition) is 1. The van der Waals surface area contributed by atoms with Gasteiger partial charge in [-0.1, -0.05) is 23.7 Å². The number of anilines is 1. The van der Waals surface area contributed by atoms with Crippen molar-refractivity contribution >= 4 is 49.1 Å². The Labute approximate surface area is 141 Å². The number of methoxy groups -OCH3 is 1. The third-order valence-electron chi connectivity index (χ3n) is 3.76.